The van der Waals surface area contributed by atoms with Crippen molar-refractivity contribution in [3.05, 3.63) is 29.6 Å². The van der Waals surface area contributed by atoms with Crippen LogP contribution in [0.4, 0.5) is 17.0 Å². The van der Waals surface area contributed by atoms with E-state index >= 15 is 0 Å². The molecule has 2 aromatic rings. The van der Waals surface area contributed by atoms with Crippen LogP contribution in [-0.4, -0.2) is 46.5 Å². The quantitative estimate of drug-likeness (QED) is 0.566. The zero-order chi connectivity index (χ0) is 17.7. The fourth-order valence-electron chi connectivity index (χ4n) is 1.66. The van der Waals surface area contributed by atoms with Gasteiger partial charge in [-0.25, -0.2) is 9.78 Å². The van der Waals surface area contributed by atoms with Gasteiger partial charge in [0.1, 0.15) is 0 Å². The van der Waals surface area contributed by atoms with Gasteiger partial charge in [-0.05, 0) is 6.92 Å². The molecule has 2 aromatic heterocycles. The van der Waals surface area contributed by atoms with Gasteiger partial charge in [0.2, 0.25) is 11.9 Å². The summed E-state index contributed by atoms with van der Waals surface area (Å²) >= 11 is 1.31. The van der Waals surface area contributed by atoms with Gasteiger partial charge in [0.25, 0.3) is 0 Å². The molecule has 0 aromatic carbocycles. The first-order chi connectivity index (χ1) is 11.4. The minimum absolute atomic E-state index is 0.0659. The number of ether oxygens (including phenoxy) is 1. The van der Waals surface area contributed by atoms with Gasteiger partial charge in [0.05, 0.1) is 0 Å². The zero-order valence-electron chi connectivity index (χ0n) is 13.7. The molecule has 0 radical (unpaired) electrons. The van der Waals surface area contributed by atoms with Gasteiger partial charge in [-0.1, -0.05) is 6.08 Å². The molecule has 2 heterocycles. The Morgan fingerprint density at radius 1 is 1.46 bits per heavy atom. The number of nitrogens with zero attached hydrogens (tertiary/aromatic N) is 5. The zero-order valence-corrected chi connectivity index (χ0v) is 14.5. The van der Waals surface area contributed by atoms with E-state index in [2.05, 4.69) is 31.8 Å². The van der Waals surface area contributed by atoms with Gasteiger partial charge in [0.15, 0.2) is 22.8 Å². The molecular formula is C14H19N7O2S. The van der Waals surface area contributed by atoms with Crippen molar-refractivity contribution in [3.63, 3.8) is 0 Å². The summed E-state index contributed by atoms with van der Waals surface area (Å²) < 4.78 is 5.36. The van der Waals surface area contributed by atoms with Crippen LogP contribution < -0.4 is 16.0 Å². The molecule has 0 saturated heterocycles. The third-order valence-corrected chi connectivity index (χ3v) is 3.62. The van der Waals surface area contributed by atoms with Crippen molar-refractivity contribution in [2.45, 2.75) is 13.0 Å². The molecule has 0 aliphatic heterocycles. The lowest BCUT2D eigenvalue weighted by Crippen LogP contribution is -2.19. The van der Waals surface area contributed by atoms with Crippen molar-refractivity contribution >= 4 is 34.3 Å². The predicted octanol–water partition coefficient (Wildman–Crippen LogP) is 1.49. The SMILES string of the molecule is C=CCNc1nc(C(=O)O[C@H](C)c2nc(N)nc(N(C)C)n2)cs1. The molecule has 2 rings (SSSR count). The summed E-state index contributed by atoms with van der Waals surface area (Å²) in [5, 5.41) is 5.25. The van der Waals surface area contributed by atoms with Gasteiger partial charge in [-0.2, -0.15) is 15.0 Å². The average Bonchev–Trinajstić information content (AvgIpc) is 3.01. The van der Waals surface area contributed by atoms with Gasteiger partial charge < -0.3 is 20.7 Å². The molecule has 1 atom stereocenters. The van der Waals surface area contributed by atoms with Crippen molar-refractivity contribution in [3.8, 4) is 0 Å². The lowest BCUT2D eigenvalue weighted by molar-refractivity contribution is 0.0314. The molecule has 0 aliphatic carbocycles. The van der Waals surface area contributed by atoms with Crippen molar-refractivity contribution in [2.24, 2.45) is 0 Å². The number of nitrogen functional groups attached to an aromatic ring is 1. The number of rotatable bonds is 7. The topological polar surface area (TPSA) is 119 Å². The third kappa shape index (κ3) is 4.38. The minimum atomic E-state index is -0.687. The highest BCUT2D eigenvalue weighted by atomic mass is 32.1. The number of nitrogens with two attached hydrogens (primary N) is 1. The van der Waals surface area contributed by atoms with Crippen molar-refractivity contribution in [1.82, 2.24) is 19.9 Å². The van der Waals surface area contributed by atoms with Crippen LogP contribution in [0.1, 0.15) is 29.3 Å². The molecule has 128 valence electrons. The molecule has 10 heteroatoms. The smallest absolute Gasteiger partial charge is 0.358 e. The predicted molar refractivity (Wildman–Crippen MR) is 93.2 cm³/mol. The van der Waals surface area contributed by atoms with Crippen LogP contribution in [-0.2, 0) is 4.74 Å². The summed E-state index contributed by atoms with van der Waals surface area (Å²) in [6, 6.07) is 0. The fraction of sp³-hybridized carbons (Fsp3) is 0.357. The number of aromatic nitrogens is 4. The first-order valence-corrected chi connectivity index (χ1v) is 7.98. The maximum absolute atomic E-state index is 12.2. The van der Waals surface area contributed by atoms with E-state index in [-0.39, 0.29) is 17.5 Å². The first-order valence-electron chi connectivity index (χ1n) is 7.10. The summed E-state index contributed by atoms with van der Waals surface area (Å²) in [7, 11) is 3.56. The summed E-state index contributed by atoms with van der Waals surface area (Å²) in [5.41, 5.74) is 5.89. The van der Waals surface area contributed by atoms with Gasteiger partial charge in [0, 0.05) is 26.0 Å². The Morgan fingerprint density at radius 3 is 2.88 bits per heavy atom. The van der Waals surface area contributed by atoms with Gasteiger partial charge in [-0.15, -0.1) is 17.9 Å². The molecule has 0 saturated carbocycles. The Bertz CT molecular complexity index is 732. The number of anilines is 3. The number of nitrogens with one attached hydrogen (secondary N) is 1. The second-order valence-corrected chi connectivity index (χ2v) is 5.86. The number of hydrogen-bond donors (Lipinski definition) is 2. The highest BCUT2D eigenvalue weighted by Gasteiger charge is 2.20. The van der Waals surface area contributed by atoms with Crippen molar-refractivity contribution < 1.29 is 9.53 Å². The lowest BCUT2D eigenvalue weighted by atomic mass is 10.3. The summed E-state index contributed by atoms with van der Waals surface area (Å²) in [6.07, 6.45) is 1.02. The Hall–Kier alpha value is -2.75. The monoisotopic (exact) mass is 349 g/mol. The number of hydrogen-bond acceptors (Lipinski definition) is 10. The van der Waals surface area contributed by atoms with Gasteiger partial charge in [-0.3, -0.25) is 0 Å². The standard InChI is InChI=1S/C14H19N7O2S/c1-5-6-16-14-17-9(7-24-14)11(22)23-8(2)10-18-12(15)20-13(19-10)21(3)4/h5,7-8H,1,6H2,2-4H3,(H,16,17)(H2,15,18,19,20)/t8-/m1/s1. The molecule has 0 unspecified atom stereocenters. The second kappa shape index (κ2) is 7.68. The summed E-state index contributed by atoms with van der Waals surface area (Å²) in [5.74, 6) is 0.178. The minimum Gasteiger partial charge on any atom is -0.450 e. The van der Waals surface area contributed by atoms with Crippen molar-refractivity contribution in [1.29, 1.82) is 0 Å². The lowest BCUT2D eigenvalue weighted by Gasteiger charge is -2.15. The third-order valence-electron chi connectivity index (χ3n) is 2.82. The maximum atomic E-state index is 12.2. The molecule has 0 fully saturated rings. The van der Waals surface area contributed by atoms with E-state index in [1.807, 2.05) is 0 Å². The van der Waals surface area contributed by atoms with Crippen LogP contribution in [0, 0.1) is 0 Å². The van der Waals surface area contributed by atoms with Crippen LogP contribution in [0.25, 0.3) is 0 Å². The van der Waals surface area contributed by atoms with Crippen LogP contribution in [0.5, 0.6) is 0 Å². The normalized spacial score (nSPS) is 11.6. The number of esters is 1. The van der Waals surface area contributed by atoms with E-state index < -0.39 is 12.1 Å². The molecule has 0 spiro atoms. The van der Waals surface area contributed by atoms with Crippen LogP contribution in [0.2, 0.25) is 0 Å². The molecule has 3 N–H and O–H groups in total. The molecule has 0 aliphatic rings. The Labute approximate surface area is 143 Å². The number of thiazole rings is 1. The summed E-state index contributed by atoms with van der Waals surface area (Å²) in [4.78, 5) is 30.3. The van der Waals surface area contributed by atoms with E-state index in [4.69, 9.17) is 10.5 Å². The van der Waals surface area contributed by atoms with E-state index in [9.17, 15) is 4.79 Å². The molecule has 0 bridgehead atoms. The largest absolute Gasteiger partial charge is 0.450 e. The van der Waals surface area contributed by atoms with Gasteiger partial charge >= 0.3 is 5.97 Å². The Kier molecular flexibility index (Phi) is 5.64. The highest BCUT2D eigenvalue weighted by molar-refractivity contribution is 7.13. The first kappa shape index (κ1) is 17.6. The van der Waals surface area contributed by atoms with E-state index in [0.717, 1.165) is 0 Å². The van der Waals surface area contributed by atoms with E-state index in [0.29, 0.717) is 17.6 Å². The molecule has 24 heavy (non-hydrogen) atoms. The summed E-state index contributed by atoms with van der Waals surface area (Å²) in [6.45, 7) is 5.83. The fourth-order valence-corrected chi connectivity index (χ4v) is 2.35. The highest BCUT2D eigenvalue weighted by Crippen LogP contribution is 2.20. The van der Waals surface area contributed by atoms with Crippen molar-refractivity contribution in [2.75, 3.05) is 36.6 Å². The molecular weight excluding hydrogens is 330 g/mol. The van der Waals surface area contributed by atoms with E-state index in [1.54, 1.807) is 37.4 Å². The Morgan fingerprint density at radius 2 is 2.21 bits per heavy atom. The molecule has 9 nitrogen and oxygen atoms in total. The van der Waals surface area contributed by atoms with Crippen LogP contribution >= 0.6 is 11.3 Å². The van der Waals surface area contributed by atoms with Crippen LogP contribution in [0.15, 0.2) is 18.0 Å². The maximum Gasteiger partial charge on any atom is 0.358 e. The average molecular weight is 349 g/mol. The second-order valence-electron chi connectivity index (χ2n) is 5.00. The Balaban J connectivity index is 2.08. The van der Waals surface area contributed by atoms with E-state index in [1.165, 1.54) is 11.3 Å². The van der Waals surface area contributed by atoms with Crippen LogP contribution in [0.3, 0.4) is 0 Å². The number of carbonyl (C=O) groups is 1. The number of carbonyl (C=O) groups excluding carboxylic acids is 1. The molecule has 0 amide bonds.